The minimum Gasteiger partial charge on any atom is -0.352 e. The summed E-state index contributed by atoms with van der Waals surface area (Å²) >= 11 is 0. The normalized spacial score (nSPS) is 12.0. The topological polar surface area (TPSA) is 64.6 Å². The molecular formula is C13H21NO4S. The highest BCUT2D eigenvalue weighted by atomic mass is 32.2. The Labute approximate surface area is 115 Å². The van der Waals surface area contributed by atoms with Gasteiger partial charge < -0.3 is 9.47 Å². The van der Waals surface area contributed by atoms with Crippen LogP contribution in [-0.2, 0) is 19.5 Å². The summed E-state index contributed by atoms with van der Waals surface area (Å²) in [6.07, 6.45) is -0.561. The highest BCUT2D eigenvalue weighted by Gasteiger charge is 2.17. The fourth-order valence-electron chi connectivity index (χ4n) is 1.58. The summed E-state index contributed by atoms with van der Waals surface area (Å²) in [6, 6.07) is 6.75. The molecule has 5 nitrogen and oxygen atoms in total. The monoisotopic (exact) mass is 287 g/mol. The molecule has 0 amide bonds. The average molecular weight is 287 g/mol. The zero-order chi connectivity index (χ0) is 14.3. The van der Waals surface area contributed by atoms with Gasteiger partial charge in [0, 0.05) is 13.2 Å². The second-order valence-electron chi connectivity index (χ2n) is 4.01. The Morgan fingerprint density at radius 1 is 1.21 bits per heavy atom. The number of rotatable bonds is 8. The fraction of sp³-hybridized carbons (Fsp3) is 0.538. The van der Waals surface area contributed by atoms with Crippen LogP contribution in [0.4, 0.5) is 0 Å². The Bertz CT molecular complexity index is 481. The van der Waals surface area contributed by atoms with Crippen molar-refractivity contribution >= 4 is 10.0 Å². The van der Waals surface area contributed by atoms with E-state index in [4.69, 9.17) is 9.47 Å². The average Bonchev–Trinajstić information content (AvgIpc) is 2.37. The molecule has 19 heavy (non-hydrogen) atoms. The number of benzene rings is 1. The molecular weight excluding hydrogens is 266 g/mol. The first-order valence-corrected chi connectivity index (χ1v) is 7.77. The van der Waals surface area contributed by atoms with Crippen molar-refractivity contribution in [1.29, 1.82) is 0 Å². The van der Waals surface area contributed by atoms with Gasteiger partial charge in [-0.25, -0.2) is 13.1 Å². The first-order chi connectivity index (χ1) is 8.99. The van der Waals surface area contributed by atoms with Gasteiger partial charge in [-0.2, -0.15) is 0 Å². The van der Waals surface area contributed by atoms with Crippen LogP contribution >= 0.6 is 0 Å². The van der Waals surface area contributed by atoms with Gasteiger partial charge in [0.05, 0.1) is 11.4 Å². The Balaban J connectivity index is 2.69. The zero-order valence-corrected chi connectivity index (χ0v) is 12.4. The molecule has 1 rings (SSSR count). The van der Waals surface area contributed by atoms with Crippen LogP contribution in [0.25, 0.3) is 0 Å². The van der Waals surface area contributed by atoms with Gasteiger partial charge in [0.2, 0.25) is 10.0 Å². The summed E-state index contributed by atoms with van der Waals surface area (Å²) in [5, 5.41) is 0. The van der Waals surface area contributed by atoms with Gasteiger partial charge >= 0.3 is 0 Å². The van der Waals surface area contributed by atoms with E-state index in [1.54, 1.807) is 18.2 Å². The Kier molecular flexibility index (Phi) is 6.44. The number of aryl methyl sites for hydroxylation is 1. The van der Waals surface area contributed by atoms with E-state index in [1.165, 1.54) is 0 Å². The van der Waals surface area contributed by atoms with Crippen LogP contribution in [0.5, 0.6) is 0 Å². The van der Waals surface area contributed by atoms with E-state index in [1.807, 2.05) is 26.8 Å². The molecule has 0 aliphatic carbocycles. The molecule has 0 aliphatic heterocycles. The largest absolute Gasteiger partial charge is 0.352 e. The minimum absolute atomic E-state index is 0.0952. The Morgan fingerprint density at radius 2 is 1.84 bits per heavy atom. The van der Waals surface area contributed by atoms with Gasteiger partial charge in [-0.3, -0.25) is 0 Å². The minimum atomic E-state index is -3.52. The molecule has 0 aromatic heterocycles. The van der Waals surface area contributed by atoms with Gasteiger partial charge in [0.25, 0.3) is 0 Å². The van der Waals surface area contributed by atoms with E-state index in [-0.39, 0.29) is 11.4 Å². The molecule has 1 aromatic rings. The summed E-state index contributed by atoms with van der Waals surface area (Å²) in [5.41, 5.74) is 0.897. The van der Waals surface area contributed by atoms with Crippen molar-refractivity contribution in [2.75, 3.05) is 19.8 Å². The lowest BCUT2D eigenvalue weighted by Crippen LogP contribution is -2.35. The van der Waals surface area contributed by atoms with Crippen LogP contribution in [0.1, 0.15) is 19.4 Å². The molecule has 6 heteroatoms. The van der Waals surface area contributed by atoms with Crippen molar-refractivity contribution in [3.05, 3.63) is 29.8 Å². The second kappa shape index (κ2) is 7.59. The lowest BCUT2D eigenvalue weighted by Gasteiger charge is -2.17. The number of nitrogens with one attached hydrogen (secondary N) is 1. The lowest BCUT2D eigenvalue weighted by atomic mass is 10.2. The van der Waals surface area contributed by atoms with Crippen molar-refractivity contribution in [1.82, 2.24) is 4.72 Å². The maximum Gasteiger partial charge on any atom is 0.240 e. The quantitative estimate of drug-likeness (QED) is 0.739. The molecule has 0 aliphatic rings. The predicted molar refractivity (Wildman–Crippen MR) is 73.4 cm³/mol. The zero-order valence-electron chi connectivity index (χ0n) is 11.5. The van der Waals surface area contributed by atoms with Crippen LogP contribution < -0.4 is 4.72 Å². The molecule has 0 spiro atoms. The van der Waals surface area contributed by atoms with Gasteiger partial charge in [-0.15, -0.1) is 0 Å². The fourth-order valence-corrected chi connectivity index (χ4v) is 2.70. The first kappa shape index (κ1) is 16.1. The Morgan fingerprint density at radius 3 is 2.37 bits per heavy atom. The van der Waals surface area contributed by atoms with Crippen molar-refractivity contribution in [2.24, 2.45) is 0 Å². The van der Waals surface area contributed by atoms with Crippen molar-refractivity contribution < 1.29 is 17.9 Å². The van der Waals surface area contributed by atoms with Crippen LogP contribution in [0.15, 0.2) is 29.2 Å². The molecule has 108 valence electrons. The highest BCUT2D eigenvalue weighted by Crippen LogP contribution is 2.10. The van der Waals surface area contributed by atoms with Crippen LogP contribution in [0, 0.1) is 6.92 Å². The number of hydrogen-bond donors (Lipinski definition) is 1. The summed E-state index contributed by atoms with van der Waals surface area (Å²) < 4.78 is 37.2. The lowest BCUT2D eigenvalue weighted by molar-refractivity contribution is -0.130. The van der Waals surface area contributed by atoms with E-state index in [0.29, 0.717) is 13.2 Å². The van der Waals surface area contributed by atoms with Crippen molar-refractivity contribution in [3.8, 4) is 0 Å². The SMILES string of the molecule is CCOC(CNS(=O)(=O)c1cccc(C)c1)OCC. The molecule has 0 atom stereocenters. The molecule has 0 saturated heterocycles. The van der Waals surface area contributed by atoms with Gasteiger partial charge in [0.15, 0.2) is 6.29 Å². The van der Waals surface area contributed by atoms with E-state index in [0.717, 1.165) is 5.56 Å². The third-order valence-electron chi connectivity index (χ3n) is 2.44. The molecule has 0 bridgehead atoms. The summed E-state index contributed by atoms with van der Waals surface area (Å²) in [7, 11) is -3.52. The van der Waals surface area contributed by atoms with Crippen molar-refractivity contribution in [3.63, 3.8) is 0 Å². The van der Waals surface area contributed by atoms with Gasteiger partial charge in [0.1, 0.15) is 0 Å². The smallest absolute Gasteiger partial charge is 0.240 e. The molecule has 1 N–H and O–H groups in total. The number of sulfonamides is 1. The molecule has 0 unspecified atom stereocenters. The molecule has 0 heterocycles. The highest BCUT2D eigenvalue weighted by molar-refractivity contribution is 7.89. The summed E-state index contributed by atoms with van der Waals surface area (Å²) in [4.78, 5) is 0.249. The number of ether oxygens (including phenoxy) is 2. The van der Waals surface area contributed by atoms with E-state index in [9.17, 15) is 8.42 Å². The number of hydrogen-bond acceptors (Lipinski definition) is 4. The van der Waals surface area contributed by atoms with Crippen molar-refractivity contribution in [2.45, 2.75) is 32.0 Å². The van der Waals surface area contributed by atoms with Crippen LogP contribution in [0.3, 0.4) is 0 Å². The Hall–Kier alpha value is -0.950. The third kappa shape index (κ3) is 5.28. The second-order valence-corrected chi connectivity index (χ2v) is 5.78. The van der Waals surface area contributed by atoms with E-state index >= 15 is 0 Å². The maximum atomic E-state index is 12.1. The van der Waals surface area contributed by atoms with Crippen LogP contribution in [-0.4, -0.2) is 34.5 Å². The third-order valence-corrected chi connectivity index (χ3v) is 3.87. The van der Waals surface area contributed by atoms with E-state index in [2.05, 4.69) is 4.72 Å². The molecule has 0 radical (unpaired) electrons. The van der Waals surface area contributed by atoms with E-state index < -0.39 is 16.3 Å². The maximum absolute atomic E-state index is 12.1. The standard InChI is InChI=1S/C13H21NO4S/c1-4-17-13(18-5-2)10-14-19(15,16)12-8-6-7-11(3)9-12/h6-9,13-14H,4-5,10H2,1-3H3. The summed E-state index contributed by atoms with van der Waals surface area (Å²) in [6.45, 7) is 6.55. The predicted octanol–water partition coefficient (Wildman–Crippen LogP) is 1.67. The molecule has 0 saturated carbocycles. The van der Waals surface area contributed by atoms with Gasteiger partial charge in [-0.05, 0) is 38.5 Å². The molecule has 0 fully saturated rings. The molecule has 1 aromatic carbocycles. The van der Waals surface area contributed by atoms with Gasteiger partial charge in [-0.1, -0.05) is 12.1 Å². The van der Waals surface area contributed by atoms with Crippen LogP contribution in [0.2, 0.25) is 0 Å². The first-order valence-electron chi connectivity index (χ1n) is 6.29. The summed E-state index contributed by atoms with van der Waals surface area (Å²) in [5.74, 6) is 0.